The lowest BCUT2D eigenvalue weighted by atomic mass is 10.0. The van der Waals surface area contributed by atoms with E-state index in [1.807, 2.05) is 79.1 Å². The molecule has 3 aromatic carbocycles. The maximum atomic E-state index is 12.9. The zero-order chi connectivity index (χ0) is 21.9. The number of aliphatic hydroxyl groups excluding tert-OH is 1. The standard InChI is InChI=1S/C27H27N3O2/c31-25-16-22-12-13-23(28-18-30-14-4-5-15-30)17-24(22)26(25)29-27(32)21-10-8-20(9-11-21)19-6-2-1-3-7-19/h1-3,6-13,17-18,25-26,31H,4-5,14-16H2,(H,29,32)/t25-,26-/m1/s1. The van der Waals surface area contributed by atoms with Gasteiger partial charge < -0.3 is 15.3 Å². The van der Waals surface area contributed by atoms with Crippen molar-refractivity contribution in [3.8, 4) is 11.1 Å². The average Bonchev–Trinajstić information content (AvgIpc) is 3.46. The van der Waals surface area contributed by atoms with Crippen LogP contribution in [0.15, 0.2) is 77.8 Å². The highest BCUT2D eigenvalue weighted by Crippen LogP contribution is 2.34. The van der Waals surface area contributed by atoms with Crippen molar-refractivity contribution in [3.05, 3.63) is 89.5 Å². The molecule has 162 valence electrons. The van der Waals surface area contributed by atoms with Crippen molar-refractivity contribution in [3.63, 3.8) is 0 Å². The average molecular weight is 426 g/mol. The molecule has 2 N–H and O–H groups in total. The van der Waals surface area contributed by atoms with Gasteiger partial charge in [0, 0.05) is 25.1 Å². The lowest BCUT2D eigenvalue weighted by Crippen LogP contribution is -2.33. The van der Waals surface area contributed by atoms with Gasteiger partial charge in [-0.05, 0) is 59.4 Å². The number of likely N-dealkylation sites (tertiary alicyclic amines) is 1. The van der Waals surface area contributed by atoms with Crippen LogP contribution in [0.4, 0.5) is 5.69 Å². The second-order valence-electron chi connectivity index (χ2n) is 8.54. The molecule has 0 radical (unpaired) electrons. The molecule has 1 aliphatic carbocycles. The fraction of sp³-hybridized carbons (Fsp3) is 0.259. The molecule has 5 heteroatoms. The van der Waals surface area contributed by atoms with Gasteiger partial charge in [-0.25, -0.2) is 4.99 Å². The summed E-state index contributed by atoms with van der Waals surface area (Å²) in [5.74, 6) is -0.188. The zero-order valence-electron chi connectivity index (χ0n) is 17.9. The lowest BCUT2D eigenvalue weighted by Gasteiger charge is -2.18. The predicted octanol–water partition coefficient (Wildman–Crippen LogP) is 4.50. The largest absolute Gasteiger partial charge is 0.390 e. The van der Waals surface area contributed by atoms with Crippen molar-refractivity contribution in [2.45, 2.75) is 31.4 Å². The Hall–Kier alpha value is -3.44. The van der Waals surface area contributed by atoms with E-state index in [9.17, 15) is 9.90 Å². The van der Waals surface area contributed by atoms with E-state index in [1.165, 1.54) is 12.8 Å². The number of hydrogen-bond acceptors (Lipinski definition) is 3. The van der Waals surface area contributed by atoms with E-state index < -0.39 is 12.1 Å². The molecule has 5 nitrogen and oxygen atoms in total. The van der Waals surface area contributed by atoms with E-state index in [0.29, 0.717) is 12.0 Å². The molecule has 1 fully saturated rings. The Morgan fingerprint density at radius 3 is 2.44 bits per heavy atom. The monoisotopic (exact) mass is 425 g/mol. The SMILES string of the molecule is O=C(N[C@@H]1c2cc(N=CN3CCCC3)ccc2C[C@H]1O)c1ccc(-c2ccccc2)cc1. The van der Waals surface area contributed by atoms with Gasteiger partial charge in [0.15, 0.2) is 0 Å². The van der Waals surface area contributed by atoms with Crippen LogP contribution in [0.5, 0.6) is 0 Å². The maximum absolute atomic E-state index is 12.9. The molecule has 5 rings (SSSR count). The third-order valence-corrected chi connectivity index (χ3v) is 6.33. The summed E-state index contributed by atoms with van der Waals surface area (Å²) in [6, 6.07) is 23.2. The fourth-order valence-electron chi connectivity index (χ4n) is 4.54. The first-order chi connectivity index (χ1) is 15.7. The third-order valence-electron chi connectivity index (χ3n) is 6.33. The molecule has 1 saturated heterocycles. The van der Waals surface area contributed by atoms with Crippen LogP contribution in [-0.4, -0.2) is 41.4 Å². The molecule has 2 atom stereocenters. The van der Waals surface area contributed by atoms with Crippen molar-refractivity contribution in [2.24, 2.45) is 4.99 Å². The van der Waals surface area contributed by atoms with Gasteiger partial charge in [-0.2, -0.15) is 0 Å². The molecule has 2 aliphatic rings. The van der Waals surface area contributed by atoms with E-state index in [-0.39, 0.29) is 5.91 Å². The third kappa shape index (κ3) is 4.30. The number of carbonyl (C=O) groups is 1. The molecule has 32 heavy (non-hydrogen) atoms. The van der Waals surface area contributed by atoms with Gasteiger partial charge in [0.05, 0.1) is 24.2 Å². The van der Waals surface area contributed by atoms with E-state index in [1.54, 1.807) is 0 Å². The van der Waals surface area contributed by atoms with E-state index in [4.69, 9.17) is 0 Å². The minimum atomic E-state index is -0.643. The molecule has 1 heterocycles. The number of aliphatic imine (C=N–C) groups is 1. The Bertz CT molecular complexity index is 1120. The van der Waals surface area contributed by atoms with Crippen molar-refractivity contribution in [1.29, 1.82) is 0 Å². The summed E-state index contributed by atoms with van der Waals surface area (Å²) < 4.78 is 0. The highest BCUT2D eigenvalue weighted by Gasteiger charge is 2.32. The second kappa shape index (κ2) is 8.97. The molecule has 0 spiro atoms. The molecule has 3 aromatic rings. The summed E-state index contributed by atoms with van der Waals surface area (Å²) in [7, 11) is 0. The van der Waals surface area contributed by atoms with E-state index in [2.05, 4.69) is 15.2 Å². The number of hydrogen-bond donors (Lipinski definition) is 2. The summed E-state index contributed by atoms with van der Waals surface area (Å²) >= 11 is 0. The molecular formula is C27H27N3O2. The summed E-state index contributed by atoms with van der Waals surface area (Å²) in [4.78, 5) is 19.8. The van der Waals surface area contributed by atoms with Gasteiger partial charge in [0.2, 0.25) is 0 Å². The minimum Gasteiger partial charge on any atom is -0.390 e. The number of nitrogens with zero attached hydrogens (tertiary/aromatic N) is 2. The van der Waals surface area contributed by atoms with Crippen LogP contribution in [0, 0.1) is 0 Å². The number of nitrogens with one attached hydrogen (secondary N) is 1. The van der Waals surface area contributed by atoms with Gasteiger partial charge in [0.1, 0.15) is 0 Å². The van der Waals surface area contributed by atoms with Gasteiger partial charge in [-0.3, -0.25) is 4.79 Å². The van der Waals surface area contributed by atoms with Gasteiger partial charge >= 0.3 is 0 Å². The first-order valence-electron chi connectivity index (χ1n) is 11.2. The second-order valence-corrected chi connectivity index (χ2v) is 8.54. The summed E-state index contributed by atoms with van der Waals surface area (Å²) in [6.45, 7) is 2.10. The Morgan fingerprint density at radius 1 is 0.969 bits per heavy atom. The smallest absolute Gasteiger partial charge is 0.251 e. The predicted molar refractivity (Wildman–Crippen MR) is 127 cm³/mol. The number of amides is 1. The molecule has 0 aromatic heterocycles. The molecule has 0 bridgehead atoms. The van der Waals surface area contributed by atoms with Crippen LogP contribution in [0.2, 0.25) is 0 Å². The van der Waals surface area contributed by atoms with Crippen LogP contribution in [-0.2, 0) is 6.42 Å². The number of fused-ring (bicyclic) bond motifs is 1. The zero-order valence-corrected chi connectivity index (χ0v) is 17.9. The first kappa shape index (κ1) is 20.5. The van der Waals surface area contributed by atoms with Crippen LogP contribution in [0.1, 0.15) is 40.4 Å². The number of aliphatic hydroxyl groups is 1. The van der Waals surface area contributed by atoms with E-state index in [0.717, 1.165) is 41.0 Å². The van der Waals surface area contributed by atoms with Crippen LogP contribution >= 0.6 is 0 Å². The van der Waals surface area contributed by atoms with Crippen molar-refractivity contribution < 1.29 is 9.90 Å². The fourth-order valence-corrected chi connectivity index (χ4v) is 4.54. The normalized spacial score (nSPS) is 20.0. The first-order valence-corrected chi connectivity index (χ1v) is 11.2. The van der Waals surface area contributed by atoms with Crippen molar-refractivity contribution in [1.82, 2.24) is 10.2 Å². The number of benzene rings is 3. The molecule has 1 amide bonds. The Morgan fingerprint density at radius 2 is 1.69 bits per heavy atom. The highest BCUT2D eigenvalue weighted by atomic mass is 16.3. The molecule has 0 unspecified atom stereocenters. The minimum absolute atomic E-state index is 0.188. The van der Waals surface area contributed by atoms with Crippen molar-refractivity contribution >= 4 is 17.9 Å². The van der Waals surface area contributed by atoms with Gasteiger partial charge in [-0.1, -0.05) is 48.5 Å². The van der Waals surface area contributed by atoms with Gasteiger partial charge in [0.25, 0.3) is 5.91 Å². The summed E-state index contributed by atoms with van der Waals surface area (Å²) in [5.41, 5.74) is 5.60. The van der Waals surface area contributed by atoms with Crippen LogP contribution in [0.25, 0.3) is 11.1 Å². The molecule has 0 saturated carbocycles. The molecular weight excluding hydrogens is 398 g/mol. The van der Waals surface area contributed by atoms with Crippen molar-refractivity contribution in [2.75, 3.05) is 13.1 Å². The molecule has 1 aliphatic heterocycles. The Labute approximate surface area is 188 Å². The Kier molecular flexibility index (Phi) is 5.73. The summed E-state index contributed by atoms with van der Waals surface area (Å²) in [5, 5.41) is 13.7. The summed E-state index contributed by atoms with van der Waals surface area (Å²) in [6.07, 6.45) is 4.21. The highest BCUT2D eigenvalue weighted by molar-refractivity contribution is 5.95. The Balaban J connectivity index is 1.31. The van der Waals surface area contributed by atoms with Gasteiger partial charge in [-0.15, -0.1) is 0 Å². The topological polar surface area (TPSA) is 64.9 Å². The maximum Gasteiger partial charge on any atom is 0.251 e. The number of carbonyl (C=O) groups excluding carboxylic acids is 1. The van der Waals surface area contributed by atoms with Crippen LogP contribution < -0.4 is 5.32 Å². The van der Waals surface area contributed by atoms with E-state index >= 15 is 0 Å². The van der Waals surface area contributed by atoms with Crippen LogP contribution in [0.3, 0.4) is 0 Å². The number of rotatable bonds is 5. The lowest BCUT2D eigenvalue weighted by molar-refractivity contribution is 0.0858. The quantitative estimate of drug-likeness (QED) is 0.467.